The van der Waals surface area contributed by atoms with E-state index in [1.165, 1.54) is 50.5 Å². The van der Waals surface area contributed by atoms with Crippen molar-refractivity contribution in [3.63, 3.8) is 0 Å². The van der Waals surface area contributed by atoms with Crippen LogP contribution in [-0.2, 0) is 4.74 Å². The Morgan fingerprint density at radius 2 is 1.91 bits per heavy atom. The van der Waals surface area contributed by atoms with Crippen LogP contribution in [0.4, 0.5) is 13.2 Å². The summed E-state index contributed by atoms with van der Waals surface area (Å²) < 4.78 is 41.3. The van der Waals surface area contributed by atoms with Gasteiger partial charge in [0.2, 0.25) is 0 Å². The van der Waals surface area contributed by atoms with Gasteiger partial charge in [-0.15, -0.1) is 0 Å². The van der Waals surface area contributed by atoms with E-state index in [2.05, 4.69) is 13.0 Å². The van der Waals surface area contributed by atoms with Crippen molar-refractivity contribution in [2.75, 3.05) is 6.61 Å². The molecule has 0 N–H and O–H groups in total. The number of allylic oxidation sites excluding steroid dienone is 2. The van der Waals surface area contributed by atoms with Gasteiger partial charge in [-0.2, -0.15) is 13.2 Å². The summed E-state index contributed by atoms with van der Waals surface area (Å²) in [6.45, 7) is 1.08. The van der Waals surface area contributed by atoms with Gasteiger partial charge in [0, 0.05) is 0 Å². The summed E-state index contributed by atoms with van der Waals surface area (Å²) in [4.78, 5) is 0. The predicted octanol–water partition coefficient (Wildman–Crippen LogP) is 5.82. The molecule has 0 heterocycles. The summed E-state index contributed by atoms with van der Waals surface area (Å²) in [7, 11) is 0. The van der Waals surface area contributed by atoms with E-state index in [0.29, 0.717) is 12.3 Å². The highest BCUT2D eigenvalue weighted by Crippen LogP contribution is 2.37. The van der Waals surface area contributed by atoms with Gasteiger partial charge in [-0.25, -0.2) is 0 Å². The molecule has 0 aromatic carbocycles. The van der Waals surface area contributed by atoms with Crippen LogP contribution in [0.3, 0.4) is 0 Å². The number of hydrogen-bond acceptors (Lipinski definition) is 1. The van der Waals surface area contributed by atoms with Gasteiger partial charge in [-0.05, 0) is 49.5 Å². The van der Waals surface area contributed by atoms with E-state index in [1.54, 1.807) is 6.08 Å². The standard InChI is InChI=1S/C18H27F3O/c1-2-3-4-14-5-7-15(8-6-14)16-9-11-17(12-10-16)22-13-18(19,20)21/h9-11,14-15,17H,2-8,12-13H2,1H3/t14-,15-,17?. The lowest BCUT2D eigenvalue weighted by Crippen LogP contribution is -2.23. The van der Waals surface area contributed by atoms with Crippen molar-refractivity contribution in [3.05, 3.63) is 23.8 Å². The molecule has 2 aliphatic rings. The molecule has 0 bridgehead atoms. The predicted molar refractivity (Wildman–Crippen MR) is 82.6 cm³/mol. The molecule has 0 aliphatic heterocycles. The van der Waals surface area contributed by atoms with Crippen molar-refractivity contribution >= 4 is 0 Å². The maximum Gasteiger partial charge on any atom is 0.411 e. The molecule has 1 nitrogen and oxygen atoms in total. The first-order valence-corrected chi connectivity index (χ1v) is 8.54. The quantitative estimate of drug-likeness (QED) is 0.600. The monoisotopic (exact) mass is 316 g/mol. The molecule has 22 heavy (non-hydrogen) atoms. The molecule has 1 saturated carbocycles. The van der Waals surface area contributed by atoms with Gasteiger partial charge < -0.3 is 4.74 Å². The Hall–Kier alpha value is -0.770. The lowest BCUT2D eigenvalue weighted by Gasteiger charge is -2.30. The van der Waals surface area contributed by atoms with Crippen LogP contribution >= 0.6 is 0 Å². The van der Waals surface area contributed by atoms with Gasteiger partial charge in [0.25, 0.3) is 0 Å². The van der Waals surface area contributed by atoms with Crippen molar-refractivity contribution in [3.8, 4) is 0 Å². The number of hydrogen-bond donors (Lipinski definition) is 0. The smallest absolute Gasteiger partial charge is 0.364 e. The molecule has 1 fully saturated rings. The van der Waals surface area contributed by atoms with Crippen molar-refractivity contribution in [1.29, 1.82) is 0 Å². The highest BCUT2D eigenvalue weighted by atomic mass is 19.4. The second kappa shape index (κ2) is 8.19. The number of alkyl halides is 3. The van der Waals surface area contributed by atoms with E-state index in [-0.39, 0.29) is 0 Å². The average Bonchev–Trinajstić information content (AvgIpc) is 2.51. The molecule has 2 rings (SSSR count). The Morgan fingerprint density at radius 1 is 1.18 bits per heavy atom. The lowest BCUT2D eigenvalue weighted by molar-refractivity contribution is -0.180. The summed E-state index contributed by atoms with van der Waals surface area (Å²) in [5, 5.41) is 0. The summed E-state index contributed by atoms with van der Waals surface area (Å²) in [5.74, 6) is 1.48. The van der Waals surface area contributed by atoms with Crippen LogP contribution < -0.4 is 0 Å². The van der Waals surface area contributed by atoms with Gasteiger partial charge in [-0.1, -0.05) is 44.4 Å². The molecule has 0 amide bonds. The van der Waals surface area contributed by atoms with Gasteiger partial charge in [0.15, 0.2) is 0 Å². The molecule has 0 aromatic rings. The van der Waals surface area contributed by atoms with Crippen molar-refractivity contribution in [2.45, 2.75) is 70.6 Å². The van der Waals surface area contributed by atoms with Crippen LogP contribution in [0, 0.1) is 11.8 Å². The molecular formula is C18H27F3O. The Kier molecular flexibility index (Phi) is 6.54. The van der Waals surface area contributed by atoms with E-state index in [1.807, 2.05) is 6.08 Å². The summed E-state index contributed by atoms with van der Waals surface area (Å²) in [6, 6.07) is 0. The molecule has 0 spiro atoms. The van der Waals surface area contributed by atoms with E-state index in [0.717, 1.165) is 5.92 Å². The van der Waals surface area contributed by atoms with Crippen molar-refractivity contribution in [1.82, 2.24) is 0 Å². The van der Waals surface area contributed by atoms with Crippen LogP contribution in [0.2, 0.25) is 0 Å². The van der Waals surface area contributed by atoms with Crippen LogP contribution in [0.25, 0.3) is 0 Å². The molecule has 4 heteroatoms. The fourth-order valence-electron chi connectivity index (χ4n) is 3.52. The second-order valence-electron chi connectivity index (χ2n) is 6.62. The van der Waals surface area contributed by atoms with Gasteiger partial charge in [0.05, 0.1) is 6.10 Å². The van der Waals surface area contributed by atoms with E-state index in [4.69, 9.17) is 4.74 Å². The third-order valence-electron chi connectivity index (χ3n) is 4.83. The Balaban J connectivity index is 1.72. The fourth-order valence-corrected chi connectivity index (χ4v) is 3.52. The third-order valence-corrected chi connectivity index (χ3v) is 4.83. The second-order valence-corrected chi connectivity index (χ2v) is 6.62. The highest BCUT2D eigenvalue weighted by Gasteiger charge is 2.29. The van der Waals surface area contributed by atoms with Crippen LogP contribution in [0.5, 0.6) is 0 Å². The molecule has 1 atom stereocenters. The Labute approximate surface area is 131 Å². The first-order valence-electron chi connectivity index (χ1n) is 8.54. The fraction of sp³-hybridized carbons (Fsp3) is 0.778. The first-order chi connectivity index (χ1) is 10.5. The van der Waals surface area contributed by atoms with E-state index >= 15 is 0 Å². The minimum absolute atomic E-state index is 0.425. The normalized spacial score (nSPS) is 29.5. The average molecular weight is 316 g/mol. The Morgan fingerprint density at radius 3 is 2.45 bits per heavy atom. The number of ether oxygens (including phenoxy) is 1. The molecule has 0 saturated heterocycles. The number of unbranched alkanes of at least 4 members (excludes halogenated alkanes) is 1. The lowest BCUT2D eigenvalue weighted by atomic mass is 9.76. The van der Waals surface area contributed by atoms with Crippen LogP contribution in [0.15, 0.2) is 23.8 Å². The topological polar surface area (TPSA) is 9.23 Å². The van der Waals surface area contributed by atoms with Gasteiger partial charge >= 0.3 is 6.18 Å². The minimum atomic E-state index is -4.24. The zero-order chi connectivity index (χ0) is 16.0. The van der Waals surface area contributed by atoms with Crippen LogP contribution in [0.1, 0.15) is 58.3 Å². The minimum Gasteiger partial charge on any atom is -0.364 e. The largest absolute Gasteiger partial charge is 0.411 e. The zero-order valence-corrected chi connectivity index (χ0v) is 13.4. The molecule has 2 aliphatic carbocycles. The van der Waals surface area contributed by atoms with Crippen molar-refractivity contribution < 1.29 is 17.9 Å². The molecule has 1 unspecified atom stereocenters. The maximum atomic E-state index is 12.1. The third kappa shape index (κ3) is 5.79. The molecular weight excluding hydrogens is 289 g/mol. The van der Waals surface area contributed by atoms with E-state index in [9.17, 15) is 13.2 Å². The van der Waals surface area contributed by atoms with Crippen molar-refractivity contribution in [2.24, 2.45) is 11.8 Å². The maximum absolute atomic E-state index is 12.1. The molecule has 0 aromatic heterocycles. The first kappa shape index (κ1) is 17.6. The van der Waals surface area contributed by atoms with E-state index < -0.39 is 18.9 Å². The summed E-state index contributed by atoms with van der Waals surface area (Å²) in [6.07, 6.45) is 10.8. The highest BCUT2D eigenvalue weighted by molar-refractivity contribution is 5.27. The SMILES string of the molecule is CCCC[C@H]1CC[C@H](C2=CCC(OCC(F)(F)F)C=C2)CC1. The van der Waals surface area contributed by atoms with Gasteiger partial charge in [0.1, 0.15) is 6.61 Å². The van der Waals surface area contributed by atoms with Gasteiger partial charge in [-0.3, -0.25) is 0 Å². The molecule has 0 radical (unpaired) electrons. The summed E-state index contributed by atoms with van der Waals surface area (Å²) >= 11 is 0. The summed E-state index contributed by atoms with van der Waals surface area (Å²) in [5.41, 5.74) is 1.31. The number of halogens is 3. The zero-order valence-electron chi connectivity index (χ0n) is 13.4. The van der Waals surface area contributed by atoms with Crippen LogP contribution in [-0.4, -0.2) is 18.9 Å². The number of rotatable bonds is 6. The Bertz CT molecular complexity index is 390. The molecule has 126 valence electrons.